The predicted octanol–water partition coefficient (Wildman–Crippen LogP) is 2.75. The molecule has 96 valence electrons. The molecule has 0 fully saturated rings. The summed E-state index contributed by atoms with van der Waals surface area (Å²) in [5.41, 5.74) is 1.28. The third-order valence-corrected chi connectivity index (χ3v) is 3.00. The molecule has 1 aromatic heterocycles. The normalized spacial score (nSPS) is 12.0. The second-order valence-corrected chi connectivity index (χ2v) is 5.43. The quantitative estimate of drug-likeness (QED) is 0.893. The van der Waals surface area contributed by atoms with Crippen molar-refractivity contribution in [2.24, 2.45) is 0 Å². The minimum absolute atomic E-state index is 0.532. The third kappa shape index (κ3) is 3.19. The Morgan fingerprint density at radius 3 is 2.83 bits per heavy atom. The highest BCUT2D eigenvalue weighted by atomic mass is 35.5. The number of nitrogens with one attached hydrogen (secondary N) is 1. The molecule has 4 heteroatoms. The molecule has 0 aliphatic carbocycles. The van der Waals surface area contributed by atoms with E-state index >= 15 is 0 Å². The molecule has 0 aliphatic rings. The first-order valence-corrected chi connectivity index (χ1v) is 6.30. The van der Waals surface area contributed by atoms with E-state index in [0.717, 1.165) is 16.5 Å². The number of aliphatic hydroxyl groups is 1. The molecule has 0 bridgehead atoms. The first-order chi connectivity index (χ1) is 8.47. The summed E-state index contributed by atoms with van der Waals surface area (Å²) in [5, 5.41) is 14.5. The van der Waals surface area contributed by atoms with Crippen LogP contribution in [-0.2, 0) is 6.54 Å². The molecule has 1 heterocycles. The zero-order valence-electron chi connectivity index (χ0n) is 10.6. The number of benzene rings is 1. The van der Waals surface area contributed by atoms with E-state index in [1.807, 2.05) is 24.3 Å². The predicted molar refractivity (Wildman–Crippen MR) is 74.8 cm³/mol. The van der Waals surface area contributed by atoms with Crippen LogP contribution in [-0.4, -0.2) is 22.2 Å². The zero-order valence-corrected chi connectivity index (χ0v) is 11.3. The zero-order chi connectivity index (χ0) is 13.2. The Balaban J connectivity index is 2.21. The molecule has 1 aromatic carbocycles. The van der Waals surface area contributed by atoms with E-state index in [0.29, 0.717) is 18.1 Å². The minimum Gasteiger partial charge on any atom is -0.389 e. The Morgan fingerprint density at radius 1 is 1.33 bits per heavy atom. The summed E-state index contributed by atoms with van der Waals surface area (Å²) in [7, 11) is 0. The van der Waals surface area contributed by atoms with E-state index in [-0.39, 0.29) is 0 Å². The summed E-state index contributed by atoms with van der Waals surface area (Å²) in [6, 6.07) is 7.69. The number of halogens is 1. The van der Waals surface area contributed by atoms with Crippen molar-refractivity contribution in [2.45, 2.75) is 26.0 Å². The first kappa shape index (κ1) is 13.3. The van der Waals surface area contributed by atoms with Crippen LogP contribution < -0.4 is 5.32 Å². The Bertz CT molecular complexity index is 549. The van der Waals surface area contributed by atoms with Crippen LogP contribution in [0.4, 0.5) is 0 Å². The summed E-state index contributed by atoms with van der Waals surface area (Å²) in [5.74, 6) is 0. The molecule has 0 atom stereocenters. The number of rotatable bonds is 4. The molecule has 2 N–H and O–H groups in total. The number of hydrogen-bond donors (Lipinski definition) is 2. The van der Waals surface area contributed by atoms with Gasteiger partial charge in [-0.1, -0.05) is 17.7 Å². The van der Waals surface area contributed by atoms with Gasteiger partial charge in [0.25, 0.3) is 0 Å². The number of nitrogens with zero attached hydrogens (tertiary/aromatic N) is 1. The van der Waals surface area contributed by atoms with E-state index in [9.17, 15) is 5.11 Å². The summed E-state index contributed by atoms with van der Waals surface area (Å²) in [6.07, 6.45) is 1.76. The molecule has 3 nitrogen and oxygen atoms in total. The van der Waals surface area contributed by atoms with Gasteiger partial charge in [0.15, 0.2) is 0 Å². The number of pyridine rings is 1. The topological polar surface area (TPSA) is 45.1 Å². The Morgan fingerprint density at radius 2 is 2.11 bits per heavy atom. The summed E-state index contributed by atoms with van der Waals surface area (Å²) in [4.78, 5) is 4.37. The van der Waals surface area contributed by atoms with Gasteiger partial charge in [0.05, 0.1) is 11.1 Å². The van der Waals surface area contributed by atoms with Crippen LogP contribution in [0.5, 0.6) is 0 Å². The lowest BCUT2D eigenvalue weighted by Gasteiger charge is -2.18. The van der Waals surface area contributed by atoms with Crippen molar-refractivity contribution >= 4 is 22.5 Å². The molecule has 0 spiro atoms. The Kier molecular flexibility index (Phi) is 3.85. The molecule has 2 rings (SSSR count). The lowest BCUT2D eigenvalue weighted by atomic mass is 10.1. The average Bonchev–Trinajstić information content (AvgIpc) is 2.31. The minimum atomic E-state index is -0.713. The molecule has 0 unspecified atom stereocenters. The van der Waals surface area contributed by atoms with Gasteiger partial charge < -0.3 is 10.4 Å². The van der Waals surface area contributed by atoms with E-state index in [1.54, 1.807) is 20.0 Å². The van der Waals surface area contributed by atoms with Crippen LogP contribution in [0.15, 0.2) is 30.5 Å². The van der Waals surface area contributed by atoms with Crippen LogP contribution in [0.1, 0.15) is 19.4 Å². The summed E-state index contributed by atoms with van der Waals surface area (Å²) >= 11 is 6.14. The van der Waals surface area contributed by atoms with Crippen LogP contribution in [0.3, 0.4) is 0 Å². The van der Waals surface area contributed by atoms with Gasteiger partial charge >= 0.3 is 0 Å². The molecule has 2 aromatic rings. The van der Waals surface area contributed by atoms with Crippen molar-refractivity contribution in [3.63, 3.8) is 0 Å². The summed E-state index contributed by atoms with van der Waals surface area (Å²) < 4.78 is 0. The smallest absolute Gasteiger partial charge is 0.0761 e. The van der Waals surface area contributed by atoms with Gasteiger partial charge in [-0.15, -0.1) is 0 Å². The molecule has 18 heavy (non-hydrogen) atoms. The van der Waals surface area contributed by atoms with Crippen molar-refractivity contribution in [3.8, 4) is 0 Å². The van der Waals surface area contributed by atoms with Crippen molar-refractivity contribution in [3.05, 3.63) is 41.0 Å². The van der Waals surface area contributed by atoms with Crippen LogP contribution in [0.2, 0.25) is 5.02 Å². The Hall–Kier alpha value is -1.16. The highest BCUT2D eigenvalue weighted by Gasteiger charge is 2.12. The lowest BCUT2D eigenvalue weighted by molar-refractivity contribution is 0.0795. The lowest BCUT2D eigenvalue weighted by Crippen LogP contribution is -2.34. The molecule has 0 saturated carbocycles. The number of hydrogen-bond acceptors (Lipinski definition) is 3. The van der Waals surface area contributed by atoms with E-state index in [1.165, 1.54) is 0 Å². The fourth-order valence-electron chi connectivity index (χ4n) is 1.84. The van der Waals surface area contributed by atoms with Gasteiger partial charge in [-0.05, 0) is 37.6 Å². The van der Waals surface area contributed by atoms with Gasteiger partial charge in [0, 0.05) is 29.7 Å². The van der Waals surface area contributed by atoms with Gasteiger partial charge in [-0.25, -0.2) is 0 Å². The van der Waals surface area contributed by atoms with Crippen molar-refractivity contribution in [1.29, 1.82) is 0 Å². The van der Waals surface area contributed by atoms with Crippen LogP contribution >= 0.6 is 11.6 Å². The second kappa shape index (κ2) is 5.22. The maximum Gasteiger partial charge on any atom is 0.0761 e. The van der Waals surface area contributed by atoms with Crippen LogP contribution in [0, 0.1) is 0 Å². The number of aromatic nitrogens is 1. The second-order valence-electron chi connectivity index (χ2n) is 5.02. The van der Waals surface area contributed by atoms with Gasteiger partial charge in [-0.2, -0.15) is 0 Å². The standard InChI is InChI=1S/C14H17ClN2O/c1-14(2,18)9-16-8-10-5-6-12(15)11-4-3-7-17-13(10)11/h3-7,16,18H,8-9H2,1-2H3. The molecule has 0 saturated heterocycles. The summed E-state index contributed by atoms with van der Waals surface area (Å²) in [6.45, 7) is 4.75. The van der Waals surface area contributed by atoms with Crippen LogP contribution in [0.25, 0.3) is 10.9 Å². The monoisotopic (exact) mass is 264 g/mol. The molecule has 0 radical (unpaired) electrons. The van der Waals surface area contributed by atoms with E-state index in [4.69, 9.17) is 11.6 Å². The molecule has 0 aliphatic heterocycles. The molecule has 0 amide bonds. The first-order valence-electron chi connectivity index (χ1n) is 5.92. The highest BCUT2D eigenvalue weighted by molar-refractivity contribution is 6.35. The van der Waals surface area contributed by atoms with E-state index in [2.05, 4.69) is 10.3 Å². The fraction of sp³-hybridized carbons (Fsp3) is 0.357. The van der Waals surface area contributed by atoms with E-state index < -0.39 is 5.60 Å². The maximum atomic E-state index is 9.65. The fourth-order valence-corrected chi connectivity index (χ4v) is 2.06. The van der Waals surface area contributed by atoms with Crippen molar-refractivity contribution < 1.29 is 5.11 Å². The van der Waals surface area contributed by atoms with Gasteiger partial charge in [0.2, 0.25) is 0 Å². The largest absolute Gasteiger partial charge is 0.389 e. The third-order valence-electron chi connectivity index (χ3n) is 2.67. The number of fused-ring (bicyclic) bond motifs is 1. The van der Waals surface area contributed by atoms with Gasteiger partial charge in [0.1, 0.15) is 0 Å². The maximum absolute atomic E-state index is 9.65. The SMILES string of the molecule is CC(C)(O)CNCc1ccc(Cl)c2cccnc12. The average molecular weight is 265 g/mol. The highest BCUT2D eigenvalue weighted by Crippen LogP contribution is 2.24. The van der Waals surface area contributed by atoms with Gasteiger partial charge in [-0.3, -0.25) is 4.98 Å². The van der Waals surface area contributed by atoms with Crippen molar-refractivity contribution in [1.82, 2.24) is 10.3 Å². The Labute approximate surface area is 112 Å². The molecular formula is C14H17ClN2O. The van der Waals surface area contributed by atoms with Crippen molar-refractivity contribution in [2.75, 3.05) is 6.54 Å². The molecular weight excluding hydrogens is 248 g/mol.